The topological polar surface area (TPSA) is 71.1 Å². The minimum absolute atomic E-state index is 0.0535. The smallest absolute Gasteiger partial charge is 0.220 e. The maximum absolute atomic E-state index is 10.6. The Bertz CT molecular complexity index is 964. The molecule has 0 atom stereocenters. The lowest BCUT2D eigenvalue weighted by Gasteiger charge is -2.06. The zero-order chi connectivity index (χ0) is 19.2. The summed E-state index contributed by atoms with van der Waals surface area (Å²) in [4.78, 5) is 0. The quantitative estimate of drug-likeness (QED) is 0.350. The molecule has 0 saturated carbocycles. The molecule has 2 N–H and O–H groups in total. The fourth-order valence-electron chi connectivity index (χ4n) is 2.78. The van der Waals surface area contributed by atoms with Gasteiger partial charge in [0.2, 0.25) is 11.0 Å². The van der Waals surface area contributed by atoms with Crippen molar-refractivity contribution in [3.05, 3.63) is 54.1 Å². The Morgan fingerprint density at radius 2 is 1.93 bits per heavy atom. The molecule has 0 radical (unpaired) electrons. The number of nitrogens with one attached hydrogen (secondary N) is 1. The van der Waals surface area contributed by atoms with Gasteiger partial charge in [-0.1, -0.05) is 35.9 Å². The SMILES string of the molecule is CCOCCn1c(O)c(N=NC(=S)Nc2ccc(C)cc2)c2ccccc21. The van der Waals surface area contributed by atoms with Crippen LogP contribution in [0.3, 0.4) is 0 Å². The first-order valence-corrected chi connectivity index (χ1v) is 9.18. The normalized spacial score (nSPS) is 11.3. The van der Waals surface area contributed by atoms with Crippen LogP contribution in [0, 0.1) is 6.92 Å². The molecular weight excluding hydrogens is 360 g/mol. The Balaban J connectivity index is 1.83. The van der Waals surface area contributed by atoms with E-state index in [1.165, 1.54) is 0 Å². The van der Waals surface area contributed by atoms with Gasteiger partial charge in [-0.2, -0.15) is 0 Å². The van der Waals surface area contributed by atoms with E-state index in [4.69, 9.17) is 17.0 Å². The number of azo groups is 1. The standard InChI is InChI=1S/C20H22N4O2S/c1-3-26-13-12-24-17-7-5-4-6-16(17)18(19(24)25)22-23-20(27)21-15-10-8-14(2)9-11-15/h4-11,25H,3,12-13H2,1-2H3,(H,21,27). The zero-order valence-corrected chi connectivity index (χ0v) is 16.2. The minimum atomic E-state index is 0.0535. The molecule has 7 heteroatoms. The molecule has 1 aromatic heterocycles. The lowest BCUT2D eigenvalue weighted by atomic mass is 10.2. The molecular formula is C20H22N4O2S. The van der Waals surface area contributed by atoms with Crippen molar-refractivity contribution in [1.82, 2.24) is 4.57 Å². The second-order valence-electron chi connectivity index (χ2n) is 6.03. The Morgan fingerprint density at radius 1 is 1.19 bits per heavy atom. The average Bonchev–Trinajstić information content (AvgIpc) is 2.94. The zero-order valence-electron chi connectivity index (χ0n) is 15.3. The minimum Gasteiger partial charge on any atom is -0.493 e. The van der Waals surface area contributed by atoms with Crippen LogP contribution in [0.15, 0.2) is 58.8 Å². The van der Waals surface area contributed by atoms with Gasteiger partial charge in [0, 0.05) is 24.2 Å². The predicted octanol–water partition coefficient (Wildman–Crippen LogP) is 5.17. The van der Waals surface area contributed by atoms with Crippen LogP contribution < -0.4 is 5.32 Å². The second kappa shape index (κ2) is 8.75. The van der Waals surface area contributed by atoms with E-state index in [0.717, 1.165) is 22.2 Å². The molecule has 0 aliphatic carbocycles. The molecule has 1 heterocycles. The third-order valence-corrected chi connectivity index (χ3v) is 4.31. The van der Waals surface area contributed by atoms with Gasteiger partial charge in [0.05, 0.1) is 12.1 Å². The molecule has 6 nitrogen and oxygen atoms in total. The van der Waals surface area contributed by atoms with Crippen molar-refractivity contribution in [3.8, 4) is 5.88 Å². The first-order valence-electron chi connectivity index (χ1n) is 8.77. The van der Waals surface area contributed by atoms with Gasteiger partial charge in [0.15, 0.2) is 5.69 Å². The summed E-state index contributed by atoms with van der Waals surface area (Å²) in [5.74, 6) is 0.0535. The van der Waals surface area contributed by atoms with Crippen LogP contribution in [0.5, 0.6) is 5.88 Å². The fraction of sp³-hybridized carbons (Fsp3) is 0.250. The van der Waals surface area contributed by atoms with Gasteiger partial charge in [-0.3, -0.25) is 0 Å². The number of para-hydroxylation sites is 1. The second-order valence-corrected chi connectivity index (χ2v) is 6.42. The summed E-state index contributed by atoms with van der Waals surface area (Å²) in [5.41, 5.74) is 3.28. The number of anilines is 1. The number of thiocarbonyl (C=S) groups is 1. The van der Waals surface area contributed by atoms with Crippen molar-refractivity contribution >= 4 is 39.6 Å². The van der Waals surface area contributed by atoms with Crippen LogP contribution in [0.2, 0.25) is 0 Å². The van der Waals surface area contributed by atoms with Crippen molar-refractivity contribution in [2.75, 3.05) is 18.5 Å². The first-order chi connectivity index (χ1) is 13.1. The molecule has 0 unspecified atom stereocenters. The van der Waals surface area contributed by atoms with E-state index in [2.05, 4.69) is 15.5 Å². The molecule has 0 bridgehead atoms. The summed E-state index contributed by atoms with van der Waals surface area (Å²) >= 11 is 5.25. The molecule has 3 aromatic rings. The van der Waals surface area contributed by atoms with Crippen LogP contribution in [0.25, 0.3) is 10.9 Å². The molecule has 0 spiro atoms. The summed E-state index contributed by atoms with van der Waals surface area (Å²) < 4.78 is 7.18. The number of aromatic nitrogens is 1. The van der Waals surface area contributed by atoms with Crippen molar-refractivity contribution in [3.63, 3.8) is 0 Å². The van der Waals surface area contributed by atoms with Crippen molar-refractivity contribution in [2.45, 2.75) is 20.4 Å². The first kappa shape index (κ1) is 19.0. The van der Waals surface area contributed by atoms with Gasteiger partial charge in [-0.05, 0) is 44.3 Å². The van der Waals surface area contributed by atoms with Crippen LogP contribution in [-0.2, 0) is 11.3 Å². The Morgan fingerprint density at radius 3 is 2.67 bits per heavy atom. The van der Waals surface area contributed by atoms with Gasteiger partial charge in [-0.15, -0.1) is 10.2 Å². The number of aryl methyl sites for hydroxylation is 1. The number of ether oxygens (including phenoxy) is 1. The number of rotatable bonds is 6. The van der Waals surface area contributed by atoms with E-state index in [1.54, 1.807) is 4.57 Å². The number of hydrogen-bond donors (Lipinski definition) is 2. The highest BCUT2D eigenvalue weighted by Gasteiger charge is 2.16. The number of benzene rings is 2. The monoisotopic (exact) mass is 382 g/mol. The fourth-order valence-corrected chi connectivity index (χ4v) is 2.94. The van der Waals surface area contributed by atoms with Gasteiger partial charge in [-0.25, -0.2) is 0 Å². The van der Waals surface area contributed by atoms with Crippen molar-refractivity contribution in [2.24, 2.45) is 10.2 Å². The summed E-state index contributed by atoms with van der Waals surface area (Å²) in [6.07, 6.45) is 0. The van der Waals surface area contributed by atoms with Gasteiger partial charge in [0.25, 0.3) is 0 Å². The van der Waals surface area contributed by atoms with Crippen LogP contribution >= 0.6 is 12.2 Å². The van der Waals surface area contributed by atoms with Crippen LogP contribution in [0.4, 0.5) is 11.4 Å². The van der Waals surface area contributed by atoms with E-state index >= 15 is 0 Å². The van der Waals surface area contributed by atoms with Crippen molar-refractivity contribution < 1.29 is 9.84 Å². The van der Waals surface area contributed by atoms with E-state index in [-0.39, 0.29) is 11.0 Å². The lowest BCUT2D eigenvalue weighted by molar-refractivity contribution is 0.138. The predicted molar refractivity (Wildman–Crippen MR) is 112 cm³/mol. The van der Waals surface area contributed by atoms with E-state index in [0.29, 0.717) is 25.4 Å². The van der Waals surface area contributed by atoms with E-state index in [9.17, 15) is 5.11 Å². The molecule has 0 fully saturated rings. The highest BCUT2D eigenvalue weighted by molar-refractivity contribution is 7.80. The van der Waals surface area contributed by atoms with E-state index in [1.807, 2.05) is 62.4 Å². The summed E-state index contributed by atoms with van der Waals surface area (Å²) in [6.45, 7) is 5.63. The average molecular weight is 382 g/mol. The number of nitrogens with zero attached hydrogens (tertiary/aromatic N) is 3. The summed E-state index contributed by atoms with van der Waals surface area (Å²) in [5, 5.41) is 23.0. The molecule has 2 aromatic carbocycles. The number of fused-ring (bicyclic) bond motifs is 1. The molecule has 140 valence electrons. The van der Waals surface area contributed by atoms with Gasteiger partial charge >= 0.3 is 0 Å². The van der Waals surface area contributed by atoms with Gasteiger partial charge < -0.3 is 19.7 Å². The molecule has 0 aliphatic heterocycles. The molecule has 0 saturated heterocycles. The molecule has 0 amide bonds. The van der Waals surface area contributed by atoms with Crippen LogP contribution in [0.1, 0.15) is 12.5 Å². The number of aromatic hydroxyl groups is 1. The molecule has 3 rings (SSSR count). The van der Waals surface area contributed by atoms with Gasteiger partial charge in [0.1, 0.15) is 0 Å². The highest BCUT2D eigenvalue weighted by Crippen LogP contribution is 2.38. The summed E-state index contributed by atoms with van der Waals surface area (Å²) in [7, 11) is 0. The third kappa shape index (κ3) is 4.50. The largest absolute Gasteiger partial charge is 0.493 e. The highest BCUT2D eigenvalue weighted by atomic mass is 32.1. The lowest BCUT2D eigenvalue weighted by Crippen LogP contribution is -2.05. The Hall–Kier alpha value is -2.77. The van der Waals surface area contributed by atoms with E-state index < -0.39 is 0 Å². The van der Waals surface area contributed by atoms with Crippen LogP contribution in [-0.4, -0.2) is 28.0 Å². The summed E-state index contributed by atoms with van der Waals surface area (Å²) in [6, 6.07) is 15.5. The number of hydrogen-bond acceptors (Lipinski definition) is 4. The Kier molecular flexibility index (Phi) is 6.16. The molecule has 27 heavy (non-hydrogen) atoms. The Labute approximate surface area is 163 Å². The maximum atomic E-state index is 10.6. The van der Waals surface area contributed by atoms with Crippen molar-refractivity contribution in [1.29, 1.82) is 0 Å². The third-order valence-electron chi connectivity index (χ3n) is 4.12. The maximum Gasteiger partial charge on any atom is 0.220 e. The molecule has 0 aliphatic rings.